The fraction of sp³-hybridized carbons (Fsp3) is 0.500. The van der Waals surface area contributed by atoms with E-state index in [1.807, 2.05) is 12.1 Å². The van der Waals surface area contributed by atoms with E-state index in [4.69, 9.17) is 5.73 Å². The molecule has 3 N–H and O–H groups in total. The van der Waals surface area contributed by atoms with Gasteiger partial charge in [-0.05, 0) is 44.6 Å². The van der Waals surface area contributed by atoms with Gasteiger partial charge in [-0.25, -0.2) is 0 Å². The van der Waals surface area contributed by atoms with Crippen molar-refractivity contribution >= 4 is 11.4 Å². The van der Waals surface area contributed by atoms with Gasteiger partial charge in [0.2, 0.25) is 0 Å². The van der Waals surface area contributed by atoms with E-state index < -0.39 is 0 Å². The molecule has 0 saturated carbocycles. The maximum absolute atomic E-state index is 5.78. The number of hydrogen-bond donors (Lipinski definition) is 2. The normalized spacial score (nSPS) is 21.9. The van der Waals surface area contributed by atoms with Crippen LogP contribution in [-0.4, -0.2) is 31.1 Å². The predicted molar refractivity (Wildman–Crippen MR) is 65.1 cm³/mol. The molecule has 1 unspecified atom stereocenters. The summed E-state index contributed by atoms with van der Waals surface area (Å²) in [6, 6.07) is 6.60. The van der Waals surface area contributed by atoms with Crippen molar-refractivity contribution in [2.45, 2.75) is 19.4 Å². The first-order valence-corrected chi connectivity index (χ1v) is 5.46. The van der Waals surface area contributed by atoms with Crippen LogP contribution in [-0.2, 0) is 0 Å². The average Bonchev–Trinajstić information content (AvgIpc) is 2.58. The third-order valence-corrected chi connectivity index (χ3v) is 3.01. The topological polar surface area (TPSA) is 41.3 Å². The van der Waals surface area contributed by atoms with Crippen molar-refractivity contribution < 1.29 is 0 Å². The molecular weight excluding hydrogens is 186 g/mol. The maximum atomic E-state index is 5.78. The molecule has 0 aromatic heterocycles. The summed E-state index contributed by atoms with van der Waals surface area (Å²) < 4.78 is 0. The van der Waals surface area contributed by atoms with Crippen LogP contribution in [0.5, 0.6) is 0 Å². The monoisotopic (exact) mass is 205 g/mol. The first-order valence-electron chi connectivity index (χ1n) is 5.46. The summed E-state index contributed by atoms with van der Waals surface area (Å²) in [5, 5.41) is 3.56. The number of hydrogen-bond acceptors (Lipinski definition) is 3. The Hall–Kier alpha value is -1.22. The standard InChI is InChI=1S/C12H19N3/c1-9-3-4-10(13)7-12(9)14-11-5-6-15(2)8-11/h3-4,7,11,14H,5-6,8,13H2,1-2H3. The lowest BCUT2D eigenvalue weighted by Crippen LogP contribution is -2.23. The fourth-order valence-corrected chi connectivity index (χ4v) is 2.07. The van der Waals surface area contributed by atoms with Gasteiger partial charge < -0.3 is 16.0 Å². The van der Waals surface area contributed by atoms with E-state index >= 15 is 0 Å². The summed E-state index contributed by atoms with van der Waals surface area (Å²) in [5.74, 6) is 0. The zero-order valence-corrected chi connectivity index (χ0v) is 9.46. The number of benzene rings is 1. The van der Waals surface area contributed by atoms with Gasteiger partial charge in [0.1, 0.15) is 0 Å². The number of rotatable bonds is 2. The fourth-order valence-electron chi connectivity index (χ4n) is 2.07. The molecule has 1 aliphatic rings. The summed E-state index contributed by atoms with van der Waals surface area (Å²) in [7, 11) is 2.16. The van der Waals surface area contributed by atoms with Crippen molar-refractivity contribution in [1.29, 1.82) is 0 Å². The molecule has 0 amide bonds. The number of nitrogen functional groups attached to an aromatic ring is 1. The second-order valence-electron chi connectivity index (χ2n) is 4.47. The Labute approximate surface area is 91.3 Å². The van der Waals surface area contributed by atoms with Gasteiger partial charge in [-0.15, -0.1) is 0 Å². The van der Waals surface area contributed by atoms with E-state index in [2.05, 4.69) is 30.3 Å². The highest BCUT2D eigenvalue weighted by Gasteiger charge is 2.19. The van der Waals surface area contributed by atoms with Crippen molar-refractivity contribution in [3.05, 3.63) is 23.8 Å². The van der Waals surface area contributed by atoms with E-state index in [0.29, 0.717) is 6.04 Å². The molecule has 0 bridgehead atoms. The third-order valence-electron chi connectivity index (χ3n) is 3.01. The Bertz CT molecular complexity index is 349. The van der Waals surface area contributed by atoms with Crippen molar-refractivity contribution in [1.82, 2.24) is 4.90 Å². The van der Waals surface area contributed by atoms with Gasteiger partial charge in [-0.1, -0.05) is 6.07 Å². The Morgan fingerprint density at radius 1 is 1.47 bits per heavy atom. The lowest BCUT2D eigenvalue weighted by Gasteiger charge is -2.16. The smallest absolute Gasteiger partial charge is 0.0400 e. The largest absolute Gasteiger partial charge is 0.399 e. The molecule has 1 aromatic carbocycles. The van der Waals surface area contributed by atoms with E-state index in [9.17, 15) is 0 Å². The highest BCUT2D eigenvalue weighted by atomic mass is 15.2. The molecule has 15 heavy (non-hydrogen) atoms. The van der Waals surface area contributed by atoms with Gasteiger partial charge in [-0.2, -0.15) is 0 Å². The minimum absolute atomic E-state index is 0.565. The van der Waals surface area contributed by atoms with Gasteiger partial charge in [0.15, 0.2) is 0 Å². The Kier molecular flexibility index (Phi) is 2.82. The average molecular weight is 205 g/mol. The number of anilines is 2. The zero-order chi connectivity index (χ0) is 10.8. The molecule has 0 aliphatic carbocycles. The first kappa shape index (κ1) is 10.3. The molecule has 1 heterocycles. The molecule has 82 valence electrons. The van der Waals surface area contributed by atoms with E-state index in [0.717, 1.165) is 12.2 Å². The van der Waals surface area contributed by atoms with Crippen molar-refractivity contribution in [3.63, 3.8) is 0 Å². The first-order chi connectivity index (χ1) is 7.15. The van der Waals surface area contributed by atoms with Crippen LogP contribution in [0.3, 0.4) is 0 Å². The van der Waals surface area contributed by atoms with Crippen molar-refractivity contribution in [2.75, 3.05) is 31.2 Å². The Morgan fingerprint density at radius 2 is 2.27 bits per heavy atom. The number of nitrogens with two attached hydrogens (primary N) is 1. The minimum atomic E-state index is 0.565. The summed E-state index contributed by atoms with van der Waals surface area (Å²) in [5.41, 5.74) is 9.05. The third kappa shape index (κ3) is 2.42. The van der Waals surface area contributed by atoms with E-state index in [1.54, 1.807) is 0 Å². The number of likely N-dealkylation sites (tertiary alicyclic amines) is 1. The highest BCUT2D eigenvalue weighted by Crippen LogP contribution is 2.21. The highest BCUT2D eigenvalue weighted by molar-refractivity contribution is 5.59. The van der Waals surface area contributed by atoms with E-state index in [1.165, 1.54) is 24.2 Å². The zero-order valence-electron chi connectivity index (χ0n) is 9.46. The van der Waals surface area contributed by atoms with Crippen LogP contribution in [0.25, 0.3) is 0 Å². The summed E-state index contributed by atoms with van der Waals surface area (Å²) >= 11 is 0. The van der Waals surface area contributed by atoms with Gasteiger partial charge in [0, 0.05) is 24.0 Å². The van der Waals surface area contributed by atoms with Crippen LogP contribution in [0.2, 0.25) is 0 Å². The van der Waals surface area contributed by atoms with Gasteiger partial charge in [0.05, 0.1) is 0 Å². The number of aryl methyl sites for hydroxylation is 1. The number of nitrogens with zero attached hydrogens (tertiary/aromatic N) is 1. The number of nitrogens with one attached hydrogen (secondary N) is 1. The van der Waals surface area contributed by atoms with Crippen LogP contribution in [0.15, 0.2) is 18.2 Å². The van der Waals surface area contributed by atoms with Crippen molar-refractivity contribution in [3.8, 4) is 0 Å². The lowest BCUT2D eigenvalue weighted by molar-refractivity contribution is 0.414. The molecule has 0 spiro atoms. The van der Waals surface area contributed by atoms with Crippen LogP contribution in [0, 0.1) is 6.92 Å². The quantitative estimate of drug-likeness (QED) is 0.722. The Morgan fingerprint density at radius 3 is 2.93 bits per heavy atom. The maximum Gasteiger partial charge on any atom is 0.0400 e. The minimum Gasteiger partial charge on any atom is -0.399 e. The second kappa shape index (κ2) is 4.11. The van der Waals surface area contributed by atoms with Crippen LogP contribution >= 0.6 is 0 Å². The molecule has 3 heteroatoms. The van der Waals surface area contributed by atoms with Crippen LogP contribution in [0.1, 0.15) is 12.0 Å². The van der Waals surface area contributed by atoms with Gasteiger partial charge >= 0.3 is 0 Å². The molecular formula is C12H19N3. The molecule has 2 rings (SSSR count). The summed E-state index contributed by atoms with van der Waals surface area (Å²) in [6.45, 7) is 4.41. The number of likely N-dealkylation sites (N-methyl/N-ethyl adjacent to an activating group) is 1. The SMILES string of the molecule is Cc1ccc(N)cc1NC1CCN(C)C1. The van der Waals surface area contributed by atoms with Crippen LogP contribution < -0.4 is 11.1 Å². The van der Waals surface area contributed by atoms with Crippen molar-refractivity contribution in [2.24, 2.45) is 0 Å². The van der Waals surface area contributed by atoms with Gasteiger partial charge in [0.25, 0.3) is 0 Å². The molecule has 3 nitrogen and oxygen atoms in total. The predicted octanol–water partition coefficient (Wildman–Crippen LogP) is 1.69. The Balaban J connectivity index is 2.07. The molecule has 1 fully saturated rings. The molecule has 0 radical (unpaired) electrons. The molecule has 1 saturated heterocycles. The second-order valence-corrected chi connectivity index (χ2v) is 4.47. The van der Waals surface area contributed by atoms with E-state index in [-0.39, 0.29) is 0 Å². The molecule has 1 atom stereocenters. The summed E-state index contributed by atoms with van der Waals surface area (Å²) in [6.07, 6.45) is 1.21. The van der Waals surface area contributed by atoms with Crippen LogP contribution in [0.4, 0.5) is 11.4 Å². The molecule has 1 aliphatic heterocycles. The van der Waals surface area contributed by atoms with Gasteiger partial charge in [-0.3, -0.25) is 0 Å². The summed E-state index contributed by atoms with van der Waals surface area (Å²) in [4.78, 5) is 2.35. The molecule has 1 aromatic rings. The lowest BCUT2D eigenvalue weighted by atomic mass is 10.1.